The number of aliphatic hydroxyl groups excluding tert-OH is 2. The van der Waals surface area contributed by atoms with Crippen LogP contribution in [-0.2, 0) is 11.2 Å². The minimum atomic E-state index is -0.658. The summed E-state index contributed by atoms with van der Waals surface area (Å²) >= 11 is 0. The lowest BCUT2D eigenvalue weighted by molar-refractivity contribution is -0.124. The first-order valence-corrected chi connectivity index (χ1v) is 7.41. The molecule has 1 aliphatic rings. The van der Waals surface area contributed by atoms with Gasteiger partial charge in [0.25, 0.3) is 0 Å². The third kappa shape index (κ3) is 3.81. The Kier molecular flexibility index (Phi) is 5.33. The molecule has 1 aromatic rings. The molecule has 1 aliphatic carbocycles. The van der Waals surface area contributed by atoms with Crippen LogP contribution >= 0.6 is 0 Å². The number of hydrogen-bond donors (Lipinski definition) is 4. The summed E-state index contributed by atoms with van der Waals surface area (Å²) in [6, 6.07) is 8.51. The van der Waals surface area contributed by atoms with E-state index in [2.05, 4.69) is 5.32 Å². The molecule has 1 saturated carbocycles. The van der Waals surface area contributed by atoms with E-state index in [-0.39, 0.29) is 24.3 Å². The van der Waals surface area contributed by atoms with Crippen molar-refractivity contribution < 1.29 is 15.0 Å². The van der Waals surface area contributed by atoms with E-state index in [1.165, 1.54) is 0 Å². The highest BCUT2D eigenvalue weighted by atomic mass is 16.3. The fourth-order valence-electron chi connectivity index (χ4n) is 3.02. The van der Waals surface area contributed by atoms with Crippen LogP contribution in [0, 0.1) is 11.8 Å². The SMILES string of the molecule is C[C@@H]1C[C@H](CO)C(NC(=O)C(N)Cc2ccccc2)C1O. The molecule has 0 heterocycles. The largest absolute Gasteiger partial charge is 0.396 e. The van der Waals surface area contributed by atoms with Crippen LogP contribution in [0.5, 0.6) is 0 Å². The average Bonchev–Trinajstić information content (AvgIpc) is 2.76. The van der Waals surface area contributed by atoms with E-state index >= 15 is 0 Å². The van der Waals surface area contributed by atoms with Gasteiger partial charge in [-0.05, 0) is 24.3 Å². The van der Waals surface area contributed by atoms with Crippen molar-refractivity contribution in [2.24, 2.45) is 17.6 Å². The number of benzene rings is 1. The van der Waals surface area contributed by atoms with Crippen LogP contribution in [-0.4, -0.2) is 40.9 Å². The molecular formula is C16H24N2O3. The molecule has 5 atom stereocenters. The van der Waals surface area contributed by atoms with E-state index in [1.54, 1.807) is 0 Å². The molecule has 1 fully saturated rings. The first kappa shape index (κ1) is 15.9. The van der Waals surface area contributed by atoms with Crippen molar-refractivity contribution in [1.82, 2.24) is 5.32 Å². The van der Waals surface area contributed by atoms with Crippen LogP contribution in [0.1, 0.15) is 18.9 Å². The van der Waals surface area contributed by atoms with E-state index in [0.29, 0.717) is 12.8 Å². The summed E-state index contributed by atoms with van der Waals surface area (Å²) in [7, 11) is 0. The lowest BCUT2D eigenvalue weighted by Crippen LogP contribution is -2.51. The Bertz CT molecular complexity index is 466. The van der Waals surface area contributed by atoms with Crippen LogP contribution in [0.25, 0.3) is 0 Å². The average molecular weight is 292 g/mol. The smallest absolute Gasteiger partial charge is 0.237 e. The number of nitrogens with one attached hydrogen (secondary N) is 1. The van der Waals surface area contributed by atoms with E-state index in [9.17, 15) is 15.0 Å². The van der Waals surface area contributed by atoms with Crippen molar-refractivity contribution in [1.29, 1.82) is 0 Å². The van der Waals surface area contributed by atoms with Gasteiger partial charge in [0, 0.05) is 12.5 Å². The number of carbonyl (C=O) groups is 1. The summed E-state index contributed by atoms with van der Waals surface area (Å²) in [6.07, 6.45) is 0.528. The Balaban J connectivity index is 1.94. The monoisotopic (exact) mass is 292 g/mol. The topological polar surface area (TPSA) is 95.6 Å². The number of amides is 1. The fourth-order valence-corrected chi connectivity index (χ4v) is 3.02. The Morgan fingerprint density at radius 2 is 2.10 bits per heavy atom. The molecule has 3 unspecified atom stereocenters. The van der Waals surface area contributed by atoms with Gasteiger partial charge < -0.3 is 21.3 Å². The molecule has 21 heavy (non-hydrogen) atoms. The molecule has 0 aromatic heterocycles. The summed E-state index contributed by atoms with van der Waals surface area (Å²) in [4.78, 5) is 12.2. The van der Waals surface area contributed by atoms with Crippen LogP contribution in [0.2, 0.25) is 0 Å². The minimum absolute atomic E-state index is 0.0414. The highest BCUT2D eigenvalue weighted by Gasteiger charge is 2.40. The van der Waals surface area contributed by atoms with Gasteiger partial charge in [-0.25, -0.2) is 0 Å². The second kappa shape index (κ2) is 7.02. The van der Waals surface area contributed by atoms with E-state index in [0.717, 1.165) is 5.56 Å². The second-order valence-corrected chi connectivity index (χ2v) is 5.98. The molecule has 5 N–H and O–H groups in total. The number of rotatable bonds is 5. The summed E-state index contributed by atoms with van der Waals surface area (Å²) < 4.78 is 0. The van der Waals surface area contributed by atoms with E-state index in [1.807, 2.05) is 37.3 Å². The maximum absolute atomic E-state index is 12.2. The zero-order chi connectivity index (χ0) is 15.4. The van der Waals surface area contributed by atoms with Gasteiger partial charge in [-0.15, -0.1) is 0 Å². The molecule has 1 aromatic carbocycles. The molecule has 5 heteroatoms. The molecule has 2 rings (SSSR count). The van der Waals surface area contributed by atoms with Crippen molar-refractivity contribution in [2.45, 2.75) is 38.0 Å². The van der Waals surface area contributed by atoms with Crippen molar-refractivity contribution in [3.63, 3.8) is 0 Å². The van der Waals surface area contributed by atoms with Crippen molar-refractivity contribution in [3.8, 4) is 0 Å². The highest BCUT2D eigenvalue weighted by molar-refractivity contribution is 5.82. The number of nitrogens with two attached hydrogens (primary N) is 1. The first-order chi connectivity index (χ1) is 10.0. The number of aliphatic hydroxyl groups is 2. The van der Waals surface area contributed by atoms with Gasteiger partial charge in [-0.1, -0.05) is 37.3 Å². The molecule has 0 saturated heterocycles. The van der Waals surface area contributed by atoms with Crippen molar-refractivity contribution in [3.05, 3.63) is 35.9 Å². The molecule has 116 valence electrons. The quantitative estimate of drug-likeness (QED) is 0.617. The highest BCUT2D eigenvalue weighted by Crippen LogP contribution is 2.31. The van der Waals surface area contributed by atoms with Gasteiger partial charge in [0.05, 0.1) is 18.2 Å². The zero-order valence-corrected chi connectivity index (χ0v) is 12.3. The Hall–Kier alpha value is -1.43. The maximum atomic E-state index is 12.2. The van der Waals surface area contributed by atoms with Gasteiger partial charge in [0.15, 0.2) is 0 Å². The normalized spacial score (nSPS) is 30.1. The summed E-state index contributed by atoms with van der Waals surface area (Å²) in [5.74, 6) is -0.323. The van der Waals surface area contributed by atoms with Crippen LogP contribution in [0.15, 0.2) is 30.3 Å². The van der Waals surface area contributed by atoms with E-state index in [4.69, 9.17) is 5.73 Å². The molecule has 5 nitrogen and oxygen atoms in total. The summed E-state index contributed by atoms with van der Waals surface area (Å²) in [5.41, 5.74) is 6.94. The predicted molar refractivity (Wildman–Crippen MR) is 80.4 cm³/mol. The van der Waals surface area contributed by atoms with Gasteiger partial charge in [0.2, 0.25) is 5.91 Å². The molecule has 0 radical (unpaired) electrons. The molecule has 0 spiro atoms. The van der Waals surface area contributed by atoms with Gasteiger partial charge >= 0.3 is 0 Å². The Morgan fingerprint density at radius 1 is 1.43 bits per heavy atom. The third-order valence-electron chi connectivity index (χ3n) is 4.31. The predicted octanol–water partition coefficient (Wildman–Crippen LogP) is 0.0504. The summed E-state index contributed by atoms with van der Waals surface area (Å²) in [5, 5.41) is 22.3. The molecule has 1 amide bonds. The lowest BCUT2D eigenvalue weighted by Gasteiger charge is -2.24. The van der Waals surface area contributed by atoms with Crippen molar-refractivity contribution >= 4 is 5.91 Å². The maximum Gasteiger partial charge on any atom is 0.237 e. The van der Waals surface area contributed by atoms with Crippen LogP contribution in [0.4, 0.5) is 0 Å². The molecular weight excluding hydrogens is 268 g/mol. The minimum Gasteiger partial charge on any atom is -0.396 e. The Labute approximate surface area is 125 Å². The molecule has 0 bridgehead atoms. The van der Waals surface area contributed by atoms with Gasteiger partial charge in [-0.3, -0.25) is 4.79 Å². The fraction of sp³-hybridized carbons (Fsp3) is 0.562. The third-order valence-corrected chi connectivity index (χ3v) is 4.31. The van der Waals surface area contributed by atoms with Crippen molar-refractivity contribution in [2.75, 3.05) is 6.61 Å². The lowest BCUT2D eigenvalue weighted by atomic mass is 10.0. The number of hydrogen-bond acceptors (Lipinski definition) is 4. The Morgan fingerprint density at radius 3 is 2.71 bits per heavy atom. The zero-order valence-electron chi connectivity index (χ0n) is 12.3. The summed E-state index contributed by atoms with van der Waals surface area (Å²) in [6.45, 7) is 1.88. The standard InChI is InChI=1S/C16H24N2O3/c1-10-7-12(9-19)14(15(10)20)18-16(21)13(17)8-11-5-3-2-4-6-11/h2-6,10,12-15,19-20H,7-9,17H2,1H3,(H,18,21)/t10-,12-,13?,14?,15?/m1/s1. The van der Waals surface area contributed by atoms with Crippen LogP contribution in [0.3, 0.4) is 0 Å². The first-order valence-electron chi connectivity index (χ1n) is 7.41. The molecule has 0 aliphatic heterocycles. The number of carbonyl (C=O) groups excluding carboxylic acids is 1. The van der Waals surface area contributed by atoms with E-state index < -0.39 is 18.2 Å². The van der Waals surface area contributed by atoms with Crippen LogP contribution < -0.4 is 11.1 Å². The second-order valence-electron chi connectivity index (χ2n) is 5.98. The van der Waals surface area contributed by atoms with Gasteiger partial charge in [0.1, 0.15) is 0 Å². The van der Waals surface area contributed by atoms with Gasteiger partial charge in [-0.2, -0.15) is 0 Å².